The van der Waals surface area contributed by atoms with Gasteiger partial charge >= 0.3 is 0 Å². The first-order chi connectivity index (χ1) is 8.65. The van der Waals surface area contributed by atoms with Crippen LogP contribution in [-0.2, 0) is 0 Å². The molecule has 2 heterocycles. The van der Waals surface area contributed by atoms with Crippen LogP contribution < -0.4 is 0 Å². The molecule has 0 radical (unpaired) electrons. The lowest BCUT2D eigenvalue weighted by molar-refractivity contribution is 0.477. The van der Waals surface area contributed by atoms with Gasteiger partial charge in [0.1, 0.15) is 0 Å². The van der Waals surface area contributed by atoms with E-state index in [9.17, 15) is 13.9 Å². The van der Waals surface area contributed by atoms with Crippen LogP contribution in [-0.4, -0.2) is 14.5 Å². The first-order valence-corrected chi connectivity index (χ1v) is 5.27. The molecule has 0 bridgehead atoms. The normalized spacial score (nSPS) is 11.0. The van der Waals surface area contributed by atoms with Gasteiger partial charge in [-0.05, 0) is 30.3 Å². The molecule has 18 heavy (non-hydrogen) atoms. The highest BCUT2D eigenvalue weighted by molar-refractivity contribution is 5.65. The van der Waals surface area contributed by atoms with E-state index < -0.39 is 11.6 Å². The van der Waals surface area contributed by atoms with Gasteiger partial charge in [0.05, 0.1) is 5.69 Å². The van der Waals surface area contributed by atoms with Crippen LogP contribution in [0.15, 0.2) is 42.7 Å². The third-order valence-corrected chi connectivity index (χ3v) is 2.68. The maximum absolute atomic E-state index is 13.1. The summed E-state index contributed by atoms with van der Waals surface area (Å²) in [6.45, 7) is 0. The molecule has 3 aromatic rings. The van der Waals surface area contributed by atoms with Crippen LogP contribution in [0.25, 0.3) is 16.9 Å². The number of aromatic nitrogens is 2. The van der Waals surface area contributed by atoms with Gasteiger partial charge < -0.3 is 9.51 Å². The van der Waals surface area contributed by atoms with E-state index >= 15 is 0 Å². The Morgan fingerprint density at radius 2 is 1.94 bits per heavy atom. The fourth-order valence-corrected chi connectivity index (χ4v) is 1.79. The predicted molar refractivity (Wildman–Crippen MR) is 62.2 cm³/mol. The molecule has 1 aromatic carbocycles. The third kappa shape index (κ3) is 1.60. The molecule has 0 saturated carbocycles. The highest BCUT2D eigenvalue weighted by Gasteiger charge is 2.09. The minimum atomic E-state index is -0.922. The highest BCUT2D eigenvalue weighted by Crippen LogP contribution is 2.24. The van der Waals surface area contributed by atoms with Crippen LogP contribution in [0.3, 0.4) is 0 Å². The fourth-order valence-electron chi connectivity index (χ4n) is 1.79. The molecule has 0 fully saturated rings. The molecule has 3 rings (SSSR count). The summed E-state index contributed by atoms with van der Waals surface area (Å²) in [7, 11) is 0. The summed E-state index contributed by atoms with van der Waals surface area (Å²) in [5, 5.41) is 9.61. The summed E-state index contributed by atoms with van der Waals surface area (Å²) >= 11 is 0. The summed E-state index contributed by atoms with van der Waals surface area (Å²) in [5.74, 6) is -1.79. The van der Waals surface area contributed by atoms with E-state index in [1.54, 1.807) is 22.9 Å². The minimum Gasteiger partial charge on any atom is -0.504 e. The van der Waals surface area contributed by atoms with E-state index in [0.29, 0.717) is 16.9 Å². The molecule has 0 atom stereocenters. The topological polar surface area (TPSA) is 37.5 Å². The molecule has 1 N–H and O–H groups in total. The summed E-state index contributed by atoms with van der Waals surface area (Å²) in [6.07, 6.45) is 3.35. The van der Waals surface area contributed by atoms with Gasteiger partial charge in [0.15, 0.2) is 23.0 Å². The van der Waals surface area contributed by atoms with Crippen LogP contribution >= 0.6 is 0 Å². The number of benzene rings is 1. The van der Waals surface area contributed by atoms with Crippen molar-refractivity contribution in [3.63, 3.8) is 0 Å². The van der Waals surface area contributed by atoms with Crippen LogP contribution in [0.5, 0.6) is 5.75 Å². The van der Waals surface area contributed by atoms with Crippen molar-refractivity contribution in [2.45, 2.75) is 0 Å². The Morgan fingerprint density at radius 1 is 1.11 bits per heavy atom. The number of fused-ring (bicyclic) bond motifs is 1. The molecule has 0 amide bonds. The molecule has 0 unspecified atom stereocenters. The van der Waals surface area contributed by atoms with Crippen molar-refractivity contribution in [2.24, 2.45) is 0 Å². The van der Waals surface area contributed by atoms with Crippen LogP contribution in [0.2, 0.25) is 0 Å². The molecule has 5 heteroatoms. The van der Waals surface area contributed by atoms with Crippen LogP contribution in [0.1, 0.15) is 0 Å². The zero-order valence-electron chi connectivity index (χ0n) is 9.14. The number of aromatic hydroxyl groups is 1. The van der Waals surface area contributed by atoms with Crippen LogP contribution in [0, 0.1) is 11.6 Å². The second-order valence-electron chi connectivity index (χ2n) is 3.88. The second-order valence-corrected chi connectivity index (χ2v) is 3.88. The van der Waals surface area contributed by atoms with Crippen molar-refractivity contribution in [1.29, 1.82) is 0 Å². The maximum atomic E-state index is 13.1. The third-order valence-electron chi connectivity index (χ3n) is 2.68. The number of rotatable bonds is 1. The van der Waals surface area contributed by atoms with Gasteiger partial charge in [0.2, 0.25) is 0 Å². The number of imidazole rings is 1. The number of nitrogens with zero attached hydrogens (tertiary/aromatic N) is 2. The van der Waals surface area contributed by atoms with E-state index in [4.69, 9.17) is 0 Å². The van der Waals surface area contributed by atoms with Gasteiger partial charge in [-0.2, -0.15) is 0 Å². The lowest BCUT2D eigenvalue weighted by Crippen LogP contribution is -1.85. The first-order valence-electron chi connectivity index (χ1n) is 5.27. The fraction of sp³-hybridized carbons (Fsp3) is 0. The van der Waals surface area contributed by atoms with Gasteiger partial charge in [-0.25, -0.2) is 13.8 Å². The quantitative estimate of drug-likeness (QED) is 0.716. The van der Waals surface area contributed by atoms with Gasteiger partial charge in [0, 0.05) is 18.0 Å². The Hall–Kier alpha value is -2.43. The molecule has 2 aromatic heterocycles. The van der Waals surface area contributed by atoms with E-state index in [1.165, 1.54) is 12.1 Å². The Balaban J connectivity index is 2.19. The number of hydrogen-bond acceptors (Lipinski definition) is 2. The largest absolute Gasteiger partial charge is 0.504 e. The highest BCUT2D eigenvalue weighted by atomic mass is 19.2. The molecule has 3 nitrogen and oxygen atoms in total. The van der Waals surface area contributed by atoms with Crippen molar-refractivity contribution < 1.29 is 13.9 Å². The summed E-state index contributed by atoms with van der Waals surface area (Å²) < 4.78 is 27.6. The molecule has 0 spiro atoms. The number of pyridine rings is 1. The lowest BCUT2D eigenvalue weighted by Gasteiger charge is -1.97. The molecule has 90 valence electrons. The standard InChI is InChI=1S/C13H8F2N2O/c14-9-4-3-8(6-10(9)15)11-7-17-5-1-2-12(18)13(17)16-11/h1-7,18H. The molecule has 0 aliphatic heterocycles. The zero-order chi connectivity index (χ0) is 12.7. The van der Waals surface area contributed by atoms with Gasteiger partial charge in [-0.1, -0.05) is 0 Å². The average Bonchev–Trinajstić information content (AvgIpc) is 2.78. The van der Waals surface area contributed by atoms with Gasteiger partial charge in [-0.15, -0.1) is 0 Å². The van der Waals surface area contributed by atoms with E-state index in [0.717, 1.165) is 12.1 Å². The first kappa shape index (κ1) is 10.7. The Morgan fingerprint density at radius 3 is 2.67 bits per heavy atom. The SMILES string of the molecule is Oc1cccn2cc(-c3ccc(F)c(F)c3)nc12. The van der Waals surface area contributed by atoms with Crippen molar-refractivity contribution >= 4 is 5.65 Å². The monoisotopic (exact) mass is 246 g/mol. The molecular weight excluding hydrogens is 238 g/mol. The summed E-state index contributed by atoms with van der Waals surface area (Å²) in [5.41, 5.74) is 1.30. The molecule has 0 saturated heterocycles. The lowest BCUT2D eigenvalue weighted by atomic mass is 10.1. The Labute approximate surface area is 101 Å². The van der Waals surface area contributed by atoms with Crippen molar-refractivity contribution in [3.05, 3.63) is 54.4 Å². The summed E-state index contributed by atoms with van der Waals surface area (Å²) in [4.78, 5) is 4.18. The van der Waals surface area contributed by atoms with E-state index in [2.05, 4.69) is 4.98 Å². The van der Waals surface area contributed by atoms with E-state index in [-0.39, 0.29) is 5.75 Å². The molecule has 0 aliphatic rings. The molecular formula is C13H8F2N2O. The average molecular weight is 246 g/mol. The van der Waals surface area contributed by atoms with Crippen molar-refractivity contribution in [3.8, 4) is 17.0 Å². The van der Waals surface area contributed by atoms with Gasteiger partial charge in [-0.3, -0.25) is 0 Å². The maximum Gasteiger partial charge on any atom is 0.180 e. The number of hydrogen-bond donors (Lipinski definition) is 1. The molecule has 0 aliphatic carbocycles. The smallest absolute Gasteiger partial charge is 0.180 e. The van der Waals surface area contributed by atoms with Crippen molar-refractivity contribution in [2.75, 3.05) is 0 Å². The van der Waals surface area contributed by atoms with E-state index in [1.807, 2.05) is 0 Å². The minimum absolute atomic E-state index is 0.0336. The predicted octanol–water partition coefficient (Wildman–Crippen LogP) is 2.99. The zero-order valence-corrected chi connectivity index (χ0v) is 9.14. The van der Waals surface area contributed by atoms with Gasteiger partial charge in [0.25, 0.3) is 0 Å². The summed E-state index contributed by atoms with van der Waals surface area (Å²) in [6, 6.07) is 6.75. The Bertz CT molecular complexity index is 737. The Kier molecular flexibility index (Phi) is 2.26. The second kappa shape index (κ2) is 3.80. The number of halogens is 2. The van der Waals surface area contributed by atoms with Crippen LogP contribution in [0.4, 0.5) is 8.78 Å². The van der Waals surface area contributed by atoms with Crippen molar-refractivity contribution in [1.82, 2.24) is 9.38 Å².